The Balaban J connectivity index is 1.89. The first kappa shape index (κ1) is 35.4. The number of methoxy groups -OCH3 is 1. The van der Waals surface area contributed by atoms with Crippen LogP contribution in [-0.4, -0.2) is 65.4 Å². The maximum absolute atomic E-state index is 13.4. The lowest BCUT2D eigenvalue weighted by molar-refractivity contribution is -0.175. The molecule has 45 heavy (non-hydrogen) atoms. The topological polar surface area (TPSA) is 138 Å². The second-order valence-corrected chi connectivity index (χ2v) is 12.1. The third-order valence-corrected chi connectivity index (χ3v) is 7.57. The molecule has 1 aliphatic heterocycles. The van der Waals surface area contributed by atoms with Crippen molar-refractivity contribution in [3.63, 3.8) is 0 Å². The highest BCUT2D eigenvalue weighted by atomic mass is 35.5. The van der Waals surface area contributed by atoms with Crippen LogP contribution in [0.5, 0.6) is 5.75 Å². The molecule has 0 aliphatic carbocycles. The first-order valence-corrected chi connectivity index (χ1v) is 15.4. The van der Waals surface area contributed by atoms with Gasteiger partial charge in [-0.05, 0) is 48.3 Å². The van der Waals surface area contributed by atoms with Gasteiger partial charge in [0, 0.05) is 38.5 Å². The summed E-state index contributed by atoms with van der Waals surface area (Å²) in [5, 5.41) is 10.2. The minimum Gasteiger partial charge on any atom is -0.495 e. The summed E-state index contributed by atoms with van der Waals surface area (Å²) in [4.78, 5) is 52.7. The van der Waals surface area contributed by atoms with E-state index in [-0.39, 0.29) is 37.6 Å². The third kappa shape index (κ3) is 11.1. The van der Waals surface area contributed by atoms with Gasteiger partial charge in [-0.3, -0.25) is 19.1 Å². The van der Waals surface area contributed by atoms with Crippen molar-refractivity contribution in [1.82, 2.24) is 20.4 Å². The second-order valence-electron chi connectivity index (χ2n) is 11.7. The summed E-state index contributed by atoms with van der Waals surface area (Å²) in [6.45, 7) is 7.24. The number of hydrogen-bond donors (Lipinski definition) is 2. The summed E-state index contributed by atoms with van der Waals surface area (Å²) in [5.41, 5.74) is 1.44. The molecule has 1 aromatic carbocycles. The van der Waals surface area contributed by atoms with E-state index >= 15 is 0 Å². The Morgan fingerprint density at radius 1 is 1.13 bits per heavy atom. The number of benzene rings is 1. The third-order valence-electron chi connectivity index (χ3n) is 7.28. The quantitative estimate of drug-likeness (QED) is 0.412. The number of halogens is 1. The lowest BCUT2D eigenvalue weighted by Gasteiger charge is -2.26. The number of carbonyl (C=O) groups excluding carboxylic acids is 4. The highest BCUT2D eigenvalue weighted by Crippen LogP contribution is 2.26. The number of amides is 2. The van der Waals surface area contributed by atoms with E-state index in [4.69, 9.17) is 25.8 Å². The summed E-state index contributed by atoms with van der Waals surface area (Å²) in [6.07, 6.45) is 7.22. The Hall–Kier alpha value is -4.12. The van der Waals surface area contributed by atoms with Crippen LogP contribution in [0.1, 0.15) is 51.8 Å². The number of nitrogens with one attached hydrogen (secondary N) is 2. The summed E-state index contributed by atoms with van der Waals surface area (Å²) in [7, 11) is 3.32. The molecule has 1 aliphatic rings. The Kier molecular flexibility index (Phi) is 13.2. The molecule has 12 heteroatoms. The smallest absolute Gasteiger partial charge is 0.347 e. The Morgan fingerprint density at radius 3 is 2.53 bits per heavy atom. The Labute approximate surface area is 269 Å². The molecular formula is C33H43ClN4O7. The molecule has 1 unspecified atom stereocenters. The minimum absolute atomic E-state index is 0.0340. The van der Waals surface area contributed by atoms with Crippen LogP contribution in [-0.2, 0) is 42.1 Å². The number of nitrogens with zero attached hydrogens (tertiary/aromatic N) is 2. The van der Waals surface area contributed by atoms with Crippen LogP contribution in [0.4, 0.5) is 0 Å². The molecule has 244 valence electrons. The van der Waals surface area contributed by atoms with Gasteiger partial charge in [0.1, 0.15) is 17.9 Å². The van der Waals surface area contributed by atoms with Crippen LogP contribution in [0.25, 0.3) is 6.08 Å². The molecule has 0 bridgehead atoms. The van der Waals surface area contributed by atoms with E-state index in [0.717, 1.165) is 5.69 Å². The number of aryl methyl sites for hydroxylation is 1. The average Bonchev–Trinajstić information content (AvgIpc) is 3.41. The molecule has 0 fully saturated rings. The Bertz CT molecular complexity index is 1400. The van der Waals surface area contributed by atoms with Crippen LogP contribution in [0, 0.1) is 17.8 Å². The fourth-order valence-corrected chi connectivity index (χ4v) is 4.92. The van der Waals surface area contributed by atoms with E-state index in [9.17, 15) is 19.2 Å². The normalized spacial score (nSPS) is 23.6. The fourth-order valence-electron chi connectivity index (χ4n) is 4.64. The van der Waals surface area contributed by atoms with Gasteiger partial charge < -0.3 is 24.8 Å². The van der Waals surface area contributed by atoms with E-state index in [1.54, 1.807) is 35.9 Å². The number of esters is 2. The van der Waals surface area contributed by atoms with E-state index in [2.05, 4.69) is 15.7 Å². The molecule has 0 saturated heterocycles. The fraction of sp³-hybridized carbons (Fsp3) is 0.485. The zero-order chi connectivity index (χ0) is 33.1. The van der Waals surface area contributed by atoms with Crippen molar-refractivity contribution < 1.29 is 33.4 Å². The zero-order valence-corrected chi connectivity index (χ0v) is 27.4. The lowest BCUT2D eigenvalue weighted by Crippen LogP contribution is -2.49. The largest absolute Gasteiger partial charge is 0.495 e. The van der Waals surface area contributed by atoms with Crippen LogP contribution >= 0.6 is 11.6 Å². The first-order chi connectivity index (χ1) is 21.4. The number of carbonyl (C=O) groups is 4. The summed E-state index contributed by atoms with van der Waals surface area (Å²) in [6, 6.07) is 5.99. The minimum atomic E-state index is -1.13. The van der Waals surface area contributed by atoms with Crippen LogP contribution in [0.3, 0.4) is 0 Å². The van der Waals surface area contributed by atoms with Gasteiger partial charge >= 0.3 is 11.9 Å². The summed E-state index contributed by atoms with van der Waals surface area (Å²) < 4.78 is 18.5. The molecule has 1 aromatic heterocycles. The standard InChI is InChI=1S/C33H43ClN4O7/c1-20(2)16-29-33(42)44-27(21(3)10-12-24-14-15-38(5)37-24)8-7-9-30(39)36-26(31(40)35-19-22(4)32(41)45-29)18-23-11-13-28(43-6)25(34)17-23/h7,9-15,17,20-22,26-27,29H,8,16,18-19H2,1-6H3,(H,35,40)(H,36,39)/b9-7+,12-10+/t21?,22-,26-,27+,29+/m1/s1. The van der Waals surface area contributed by atoms with Crippen molar-refractivity contribution in [3.8, 4) is 5.75 Å². The number of hydrogen-bond acceptors (Lipinski definition) is 8. The molecule has 2 amide bonds. The number of aromatic nitrogens is 2. The summed E-state index contributed by atoms with van der Waals surface area (Å²) >= 11 is 6.29. The van der Waals surface area contributed by atoms with Gasteiger partial charge in [-0.15, -0.1) is 0 Å². The monoisotopic (exact) mass is 642 g/mol. The highest BCUT2D eigenvalue weighted by molar-refractivity contribution is 6.32. The van der Waals surface area contributed by atoms with Gasteiger partial charge in [0.05, 0.1) is 23.7 Å². The van der Waals surface area contributed by atoms with Gasteiger partial charge in [0.15, 0.2) is 6.10 Å². The Morgan fingerprint density at radius 2 is 1.89 bits per heavy atom. The van der Waals surface area contributed by atoms with Gasteiger partial charge in [0.25, 0.3) is 0 Å². The van der Waals surface area contributed by atoms with Crippen LogP contribution < -0.4 is 15.4 Å². The van der Waals surface area contributed by atoms with Crippen molar-refractivity contribution in [1.29, 1.82) is 0 Å². The molecule has 0 spiro atoms. The van der Waals surface area contributed by atoms with Crippen LogP contribution in [0.15, 0.2) is 48.7 Å². The average molecular weight is 643 g/mol. The molecule has 5 atom stereocenters. The van der Waals surface area contributed by atoms with E-state index < -0.39 is 47.9 Å². The van der Waals surface area contributed by atoms with Crippen molar-refractivity contribution in [2.45, 2.75) is 65.2 Å². The molecule has 11 nitrogen and oxygen atoms in total. The molecule has 2 N–H and O–H groups in total. The van der Waals surface area contributed by atoms with E-state index in [0.29, 0.717) is 16.3 Å². The highest BCUT2D eigenvalue weighted by Gasteiger charge is 2.31. The predicted molar refractivity (Wildman–Crippen MR) is 170 cm³/mol. The van der Waals surface area contributed by atoms with Crippen molar-refractivity contribution in [3.05, 3.63) is 65.0 Å². The van der Waals surface area contributed by atoms with Gasteiger partial charge in [-0.2, -0.15) is 5.10 Å². The number of cyclic esters (lactones) is 2. The van der Waals surface area contributed by atoms with Crippen LogP contribution in [0.2, 0.25) is 5.02 Å². The maximum atomic E-state index is 13.4. The van der Waals surface area contributed by atoms with Gasteiger partial charge in [-0.25, -0.2) is 4.79 Å². The van der Waals surface area contributed by atoms with E-state index in [1.165, 1.54) is 13.2 Å². The van der Waals surface area contributed by atoms with Crippen molar-refractivity contribution in [2.24, 2.45) is 24.8 Å². The molecule has 2 aromatic rings. The maximum Gasteiger partial charge on any atom is 0.347 e. The number of rotatable bonds is 8. The molecule has 2 heterocycles. The molecule has 3 rings (SSSR count). The predicted octanol–water partition coefficient (Wildman–Crippen LogP) is 4.04. The lowest BCUT2D eigenvalue weighted by atomic mass is 9.99. The van der Waals surface area contributed by atoms with E-state index in [1.807, 2.05) is 52.2 Å². The van der Waals surface area contributed by atoms with Gasteiger partial charge in [-0.1, -0.05) is 57.5 Å². The number of ether oxygens (including phenoxy) is 3. The second kappa shape index (κ2) is 16.8. The molecular weight excluding hydrogens is 600 g/mol. The molecule has 0 radical (unpaired) electrons. The SMILES string of the molecule is COc1ccc(C[C@H]2NC(=O)/C=C/C[C@@H](C(C)/C=C/c3ccn(C)n3)OC(=O)[C@H](CC(C)C)OC(=O)[C@H](C)CNC2=O)cc1Cl. The molecule has 0 saturated carbocycles. The van der Waals surface area contributed by atoms with Crippen molar-refractivity contribution in [2.75, 3.05) is 13.7 Å². The first-order valence-electron chi connectivity index (χ1n) is 15.0. The van der Waals surface area contributed by atoms with Crippen molar-refractivity contribution >= 4 is 41.4 Å². The van der Waals surface area contributed by atoms with Gasteiger partial charge in [0.2, 0.25) is 11.8 Å². The zero-order valence-electron chi connectivity index (χ0n) is 26.6. The summed E-state index contributed by atoms with van der Waals surface area (Å²) in [5.74, 6) is -2.84.